The Hall–Kier alpha value is -2.83. The maximum absolute atomic E-state index is 13.8. The van der Waals surface area contributed by atoms with Gasteiger partial charge in [-0.3, -0.25) is 9.59 Å². The van der Waals surface area contributed by atoms with Crippen molar-refractivity contribution in [2.45, 2.75) is 17.1 Å². The first-order valence-corrected chi connectivity index (χ1v) is 10.1. The van der Waals surface area contributed by atoms with Crippen LogP contribution in [-0.2, 0) is 4.79 Å². The van der Waals surface area contributed by atoms with E-state index in [1.165, 1.54) is 30.0 Å². The van der Waals surface area contributed by atoms with E-state index in [1.807, 2.05) is 6.07 Å². The van der Waals surface area contributed by atoms with Gasteiger partial charge in [0.2, 0.25) is 5.91 Å². The van der Waals surface area contributed by atoms with Crippen molar-refractivity contribution in [3.05, 3.63) is 89.2 Å². The highest BCUT2D eigenvalue weighted by Gasteiger charge is 2.16. The second-order valence-corrected chi connectivity index (χ2v) is 8.07. The Labute approximate surface area is 177 Å². The molecule has 2 N–H and O–H groups in total. The van der Waals surface area contributed by atoms with Crippen LogP contribution in [0.1, 0.15) is 17.3 Å². The SMILES string of the molecule is CC(Sc1cccc(NC(=O)c2ccccc2F)c1)C(=O)Nc1ccc(Cl)cc1. The highest BCUT2D eigenvalue weighted by molar-refractivity contribution is 8.00. The smallest absolute Gasteiger partial charge is 0.258 e. The Morgan fingerprint density at radius 2 is 1.66 bits per heavy atom. The van der Waals surface area contributed by atoms with Crippen LogP contribution in [0, 0.1) is 5.82 Å². The van der Waals surface area contributed by atoms with E-state index >= 15 is 0 Å². The molecule has 0 spiro atoms. The number of anilines is 2. The van der Waals surface area contributed by atoms with Crippen LogP contribution >= 0.6 is 23.4 Å². The lowest BCUT2D eigenvalue weighted by molar-refractivity contribution is -0.115. The van der Waals surface area contributed by atoms with Crippen molar-refractivity contribution in [2.24, 2.45) is 0 Å². The van der Waals surface area contributed by atoms with Gasteiger partial charge in [-0.15, -0.1) is 11.8 Å². The van der Waals surface area contributed by atoms with E-state index in [2.05, 4.69) is 10.6 Å². The Morgan fingerprint density at radius 3 is 2.38 bits per heavy atom. The number of halogens is 2. The number of rotatable bonds is 6. The summed E-state index contributed by atoms with van der Waals surface area (Å²) >= 11 is 7.20. The summed E-state index contributed by atoms with van der Waals surface area (Å²) in [6, 6.07) is 19.7. The average Bonchev–Trinajstić information content (AvgIpc) is 2.70. The third-order valence-corrected chi connectivity index (χ3v) is 5.35. The van der Waals surface area contributed by atoms with Gasteiger partial charge in [0.15, 0.2) is 0 Å². The molecule has 0 saturated carbocycles. The number of nitrogens with one attached hydrogen (secondary N) is 2. The summed E-state index contributed by atoms with van der Waals surface area (Å²) in [6.07, 6.45) is 0. The molecule has 0 aliphatic heterocycles. The lowest BCUT2D eigenvalue weighted by atomic mass is 10.2. The van der Waals surface area contributed by atoms with Gasteiger partial charge in [-0.1, -0.05) is 29.8 Å². The summed E-state index contributed by atoms with van der Waals surface area (Å²) < 4.78 is 13.8. The summed E-state index contributed by atoms with van der Waals surface area (Å²) in [6.45, 7) is 1.79. The van der Waals surface area contributed by atoms with Crippen LogP contribution in [0.2, 0.25) is 5.02 Å². The van der Waals surface area contributed by atoms with Crippen LogP contribution in [0.15, 0.2) is 77.7 Å². The minimum Gasteiger partial charge on any atom is -0.325 e. The summed E-state index contributed by atoms with van der Waals surface area (Å²) in [5, 5.41) is 5.74. The molecular formula is C22H18ClFN2O2S. The van der Waals surface area contributed by atoms with Crippen LogP contribution in [0.25, 0.3) is 0 Å². The standard InChI is InChI=1S/C22H18ClFN2O2S/c1-14(21(27)25-16-11-9-15(23)10-12-16)29-18-6-4-5-17(13-18)26-22(28)19-7-2-3-8-20(19)24/h2-14H,1H3,(H,25,27)(H,26,28). The number of carbonyl (C=O) groups excluding carboxylic acids is 2. The first-order chi connectivity index (χ1) is 13.9. The molecule has 0 aromatic heterocycles. The zero-order valence-corrected chi connectivity index (χ0v) is 17.1. The third-order valence-electron chi connectivity index (χ3n) is 4.00. The molecule has 7 heteroatoms. The highest BCUT2D eigenvalue weighted by Crippen LogP contribution is 2.27. The molecule has 3 aromatic rings. The van der Waals surface area contributed by atoms with E-state index in [1.54, 1.807) is 55.5 Å². The molecule has 29 heavy (non-hydrogen) atoms. The van der Waals surface area contributed by atoms with E-state index < -0.39 is 11.7 Å². The summed E-state index contributed by atoms with van der Waals surface area (Å²) in [5.74, 6) is -1.26. The predicted octanol–water partition coefficient (Wildman–Crippen LogP) is 5.85. The minimum atomic E-state index is -0.581. The Morgan fingerprint density at radius 1 is 0.931 bits per heavy atom. The average molecular weight is 429 g/mol. The topological polar surface area (TPSA) is 58.2 Å². The van der Waals surface area contributed by atoms with Crippen molar-refractivity contribution < 1.29 is 14.0 Å². The third kappa shape index (κ3) is 5.82. The lowest BCUT2D eigenvalue weighted by Crippen LogP contribution is -2.22. The number of benzene rings is 3. The predicted molar refractivity (Wildman–Crippen MR) is 116 cm³/mol. The van der Waals surface area contributed by atoms with Crippen molar-refractivity contribution in [1.82, 2.24) is 0 Å². The van der Waals surface area contributed by atoms with Gasteiger partial charge in [0.25, 0.3) is 5.91 Å². The Bertz CT molecular complexity index is 1030. The van der Waals surface area contributed by atoms with Crippen molar-refractivity contribution in [1.29, 1.82) is 0 Å². The quantitative estimate of drug-likeness (QED) is 0.484. The van der Waals surface area contributed by atoms with E-state index in [0.29, 0.717) is 16.4 Å². The number of hydrogen-bond acceptors (Lipinski definition) is 3. The molecule has 148 valence electrons. The molecule has 0 saturated heterocycles. The van der Waals surface area contributed by atoms with Gasteiger partial charge in [0.05, 0.1) is 10.8 Å². The zero-order valence-electron chi connectivity index (χ0n) is 15.5. The maximum atomic E-state index is 13.8. The first-order valence-electron chi connectivity index (χ1n) is 8.81. The minimum absolute atomic E-state index is 0.0266. The molecule has 3 aromatic carbocycles. The van der Waals surface area contributed by atoms with Crippen LogP contribution in [-0.4, -0.2) is 17.1 Å². The van der Waals surface area contributed by atoms with Crippen molar-refractivity contribution in [3.63, 3.8) is 0 Å². The Balaban J connectivity index is 1.63. The van der Waals surface area contributed by atoms with Gasteiger partial charge in [-0.05, 0) is 61.5 Å². The van der Waals surface area contributed by atoms with Crippen molar-refractivity contribution in [2.75, 3.05) is 10.6 Å². The van der Waals surface area contributed by atoms with E-state index in [4.69, 9.17) is 11.6 Å². The molecule has 2 amide bonds. The van der Waals surface area contributed by atoms with Gasteiger partial charge in [-0.2, -0.15) is 0 Å². The highest BCUT2D eigenvalue weighted by atomic mass is 35.5. The lowest BCUT2D eigenvalue weighted by Gasteiger charge is -2.13. The largest absolute Gasteiger partial charge is 0.325 e. The number of hydrogen-bond donors (Lipinski definition) is 2. The van der Waals surface area contributed by atoms with Crippen LogP contribution in [0.4, 0.5) is 15.8 Å². The molecule has 1 unspecified atom stereocenters. The monoisotopic (exact) mass is 428 g/mol. The van der Waals surface area contributed by atoms with E-state index in [-0.39, 0.29) is 16.7 Å². The molecule has 0 radical (unpaired) electrons. The molecular weight excluding hydrogens is 411 g/mol. The summed E-state index contributed by atoms with van der Waals surface area (Å²) in [4.78, 5) is 25.5. The molecule has 0 bridgehead atoms. The number of carbonyl (C=O) groups is 2. The number of thioether (sulfide) groups is 1. The molecule has 0 aliphatic carbocycles. The second-order valence-electron chi connectivity index (χ2n) is 6.22. The molecule has 4 nitrogen and oxygen atoms in total. The molecule has 1 atom stereocenters. The van der Waals surface area contributed by atoms with Crippen LogP contribution in [0.5, 0.6) is 0 Å². The first kappa shape index (κ1) is 20.9. The second kappa shape index (κ2) is 9.58. The van der Waals surface area contributed by atoms with E-state index in [9.17, 15) is 14.0 Å². The molecule has 0 heterocycles. The van der Waals surface area contributed by atoms with Crippen LogP contribution in [0.3, 0.4) is 0 Å². The molecule has 3 rings (SSSR count). The fraction of sp³-hybridized carbons (Fsp3) is 0.0909. The van der Waals surface area contributed by atoms with Crippen LogP contribution < -0.4 is 10.6 Å². The number of amides is 2. The van der Waals surface area contributed by atoms with E-state index in [0.717, 1.165) is 4.90 Å². The fourth-order valence-corrected chi connectivity index (χ4v) is 3.58. The van der Waals surface area contributed by atoms with Gasteiger partial charge >= 0.3 is 0 Å². The van der Waals surface area contributed by atoms with Crippen molar-refractivity contribution >= 4 is 46.6 Å². The summed E-state index contributed by atoms with van der Waals surface area (Å²) in [7, 11) is 0. The molecule has 0 aliphatic rings. The van der Waals surface area contributed by atoms with Crippen molar-refractivity contribution in [3.8, 4) is 0 Å². The van der Waals surface area contributed by atoms with Gasteiger partial charge in [0.1, 0.15) is 5.82 Å². The zero-order chi connectivity index (χ0) is 20.8. The maximum Gasteiger partial charge on any atom is 0.258 e. The van der Waals surface area contributed by atoms with Gasteiger partial charge in [0, 0.05) is 21.3 Å². The molecule has 0 fully saturated rings. The summed E-state index contributed by atoms with van der Waals surface area (Å²) in [5.41, 5.74) is 1.16. The van der Waals surface area contributed by atoms with Gasteiger partial charge < -0.3 is 10.6 Å². The Kier molecular flexibility index (Phi) is 6.90. The normalized spacial score (nSPS) is 11.6. The van der Waals surface area contributed by atoms with Gasteiger partial charge in [-0.25, -0.2) is 4.39 Å². The fourth-order valence-electron chi connectivity index (χ4n) is 2.53.